The summed E-state index contributed by atoms with van der Waals surface area (Å²) in [5.41, 5.74) is -0.0457. The summed E-state index contributed by atoms with van der Waals surface area (Å²) in [5, 5.41) is 0.165. The van der Waals surface area contributed by atoms with Gasteiger partial charge in [-0.15, -0.1) is 0 Å². The number of hydrogen-bond donors (Lipinski definition) is 0. The SMILES string of the molecule is CCOC(=O)n1c(=O)n(CCN2CCN(c3ccccc3OC)CC2)c(=O)c2cocc21. The van der Waals surface area contributed by atoms with Crippen LogP contribution in [-0.4, -0.2) is 66.6 Å². The third-order valence-electron chi connectivity index (χ3n) is 5.67. The van der Waals surface area contributed by atoms with Crippen molar-refractivity contribution in [3.8, 4) is 5.75 Å². The van der Waals surface area contributed by atoms with E-state index in [1.54, 1.807) is 14.0 Å². The smallest absolute Gasteiger partial charge is 0.422 e. The number of methoxy groups -OCH3 is 1. The average Bonchev–Trinajstić information content (AvgIpc) is 3.29. The van der Waals surface area contributed by atoms with E-state index in [9.17, 15) is 14.4 Å². The highest BCUT2D eigenvalue weighted by atomic mass is 16.5. The second kappa shape index (κ2) is 9.31. The number of carbonyl (C=O) groups is 1. The summed E-state index contributed by atoms with van der Waals surface area (Å²) in [7, 11) is 1.66. The van der Waals surface area contributed by atoms with Crippen molar-refractivity contribution >= 4 is 22.7 Å². The normalized spacial score (nSPS) is 14.6. The molecule has 32 heavy (non-hydrogen) atoms. The Morgan fingerprint density at radius 2 is 1.81 bits per heavy atom. The lowest BCUT2D eigenvalue weighted by Crippen LogP contribution is -2.49. The molecule has 0 saturated carbocycles. The first kappa shape index (κ1) is 21.7. The van der Waals surface area contributed by atoms with Gasteiger partial charge in [0, 0.05) is 39.3 Å². The van der Waals surface area contributed by atoms with Gasteiger partial charge >= 0.3 is 11.8 Å². The number of ether oxygens (including phenoxy) is 2. The molecule has 1 aliphatic heterocycles. The van der Waals surface area contributed by atoms with Crippen molar-refractivity contribution in [3.05, 3.63) is 57.6 Å². The highest BCUT2D eigenvalue weighted by molar-refractivity contribution is 5.86. The van der Waals surface area contributed by atoms with Crippen LogP contribution in [-0.2, 0) is 11.3 Å². The number of nitrogens with zero attached hydrogens (tertiary/aromatic N) is 4. The average molecular weight is 442 g/mol. The van der Waals surface area contributed by atoms with Gasteiger partial charge in [0.1, 0.15) is 29.2 Å². The van der Waals surface area contributed by atoms with Crippen LogP contribution in [0, 0.1) is 0 Å². The van der Waals surface area contributed by atoms with Crippen LogP contribution >= 0.6 is 0 Å². The lowest BCUT2D eigenvalue weighted by Gasteiger charge is -2.36. The molecule has 3 aromatic rings. The number of para-hydroxylation sites is 2. The molecule has 0 atom stereocenters. The van der Waals surface area contributed by atoms with Crippen molar-refractivity contribution < 1.29 is 18.7 Å². The van der Waals surface area contributed by atoms with E-state index in [0.717, 1.165) is 46.8 Å². The van der Waals surface area contributed by atoms with Crippen LogP contribution in [0.15, 0.2) is 50.8 Å². The van der Waals surface area contributed by atoms with Gasteiger partial charge in [0.05, 0.1) is 19.4 Å². The Morgan fingerprint density at radius 1 is 1.06 bits per heavy atom. The highest BCUT2D eigenvalue weighted by Gasteiger charge is 2.22. The van der Waals surface area contributed by atoms with Gasteiger partial charge in [-0.2, -0.15) is 4.57 Å². The fraction of sp³-hybridized carbons (Fsp3) is 0.409. The van der Waals surface area contributed by atoms with Crippen LogP contribution in [0.25, 0.3) is 10.9 Å². The number of rotatable bonds is 6. The summed E-state index contributed by atoms with van der Waals surface area (Å²) in [6.45, 7) is 5.55. The minimum absolute atomic E-state index is 0.111. The third kappa shape index (κ3) is 4.01. The summed E-state index contributed by atoms with van der Waals surface area (Å²) >= 11 is 0. The standard InChI is InChI=1S/C22H26N4O6/c1-3-32-22(29)26-18-15-31-14-16(18)20(27)25(21(26)28)13-10-23-8-11-24(12-9-23)17-6-4-5-7-19(17)30-2/h4-7,14-15H,3,8-13H2,1-2H3. The van der Waals surface area contributed by atoms with E-state index in [4.69, 9.17) is 13.9 Å². The van der Waals surface area contributed by atoms with E-state index < -0.39 is 17.3 Å². The maximum Gasteiger partial charge on any atom is 0.422 e. The zero-order valence-corrected chi connectivity index (χ0v) is 18.2. The van der Waals surface area contributed by atoms with Crippen molar-refractivity contribution in [1.29, 1.82) is 0 Å². The number of aromatic nitrogens is 2. The maximum atomic E-state index is 12.9. The third-order valence-corrected chi connectivity index (χ3v) is 5.67. The molecule has 4 rings (SSSR count). The van der Waals surface area contributed by atoms with Crippen LogP contribution in [0.1, 0.15) is 6.92 Å². The van der Waals surface area contributed by atoms with E-state index in [-0.39, 0.29) is 24.1 Å². The molecular weight excluding hydrogens is 416 g/mol. The molecule has 1 fully saturated rings. The molecule has 0 N–H and O–H groups in total. The lowest BCUT2D eigenvalue weighted by atomic mass is 10.2. The first-order chi connectivity index (χ1) is 15.5. The monoisotopic (exact) mass is 442 g/mol. The molecule has 2 aromatic heterocycles. The molecule has 1 saturated heterocycles. The van der Waals surface area contributed by atoms with Crippen LogP contribution in [0.2, 0.25) is 0 Å². The van der Waals surface area contributed by atoms with Crippen LogP contribution < -0.4 is 20.9 Å². The number of fused-ring (bicyclic) bond motifs is 1. The summed E-state index contributed by atoms with van der Waals surface area (Å²) in [6.07, 6.45) is 1.62. The number of furan rings is 1. The van der Waals surface area contributed by atoms with E-state index in [2.05, 4.69) is 9.80 Å². The number of benzene rings is 1. The minimum Gasteiger partial charge on any atom is -0.495 e. The predicted octanol–water partition coefficient (Wildman–Crippen LogP) is 1.59. The summed E-state index contributed by atoms with van der Waals surface area (Å²) in [5.74, 6) is 0.834. The maximum absolute atomic E-state index is 12.9. The molecule has 0 spiro atoms. The Hall–Kier alpha value is -3.53. The van der Waals surface area contributed by atoms with Gasteiger partial charge in [-0.1, -0.05) is 12.1 Å². The van der Waals surface area contributed by atoms with Crippen LogP contribution in [0.3, 0.4) is 0 Å². The lowest BCUT2D eigenvalue weighted by molar-refractivity contribution is 0.153. The van der Waals surface area contributed by atoms with E-state index in [1.807, 2.05) is 24.3 Å². The van der Waals surface area contributed by atoms with Gasteiger partial charge in [-0.3, -0.25) is 14.3 Å². The fourth-order valence-electron chi connectivity index (χ4n) is 3.99. The highest BCUT2D eigenvalue weighted by Crippen LogP contribution is 2.28. The Labute approximate surface area is 184 Å². The molecule has 10 nitrogen and oxygen atoms in total. The molecule has 0 amide bonds. The van der Waals surface area contributed by atoms with Crippen LogP contribution in [0.4, 0.5) is 10.5 Å². The Morgan fingerprint density at radius 3 is 2.53 bits per heavy atom. The van der Waals surface area contributed by atoms with Crippen molar-refractivity contribution in [2.45, 2.75) is 13.5 Å². The van der Waals surface area contributed by atoms with Gasteiger partial charge in [0.15, 0.2) is 0 Å². The molecule has 170 valence electrons. The molecular formula is C22H26N4O6. The van der Waals surface area contributed by atoms with E-state index >= 15 is 0 Å². The van der Waals surface area contributed by atoms with Crippen LogP contribution in [0.5, 0.6) is 5.75 Å². The molecule has 0 radical (unpaired) electrons. The Kier molecular flexibility index (Phi) is 6.31. The summed E-state index contributed by atoms with van der Waals surface area (Å²) in [4.78, 5) is 42.5. The van der Waals surface area contributed by atoms with E-state index in [0.29, 0.717) is 6.54 Å². The van der Waals surface area contributed by atoms with Crippen molar-refractivity contribution in [3.63, 3.8) is 0 Å². The van der Waals surface area contributed by atoms with Gasteiger partial charge in [0.25, 0.3) is 5.56 Å². The first-order valence-electron chi connectivity index (χ1n) is 10.5. The fourth-order valence-corrected chi connectivity index (χ4v) is 3.99. The molecule has 0 unspecified atom stereocenters. The molecule has 1 aliphatic rings. The second-order valence-electron chi connectivity index (χ2n) is 7.44. The zero-order valence-electron chi connectivity index (χ0n) is 18.2. The van der Waals surface area contributed by atoms with Gasteiger partial charge in [-0.25, -0.2) is 9.59 Å². The predicted molar refractivity (Wildman–Crippen MR) is 119 cm³/mol. The molecule has 0 aliphatic carbocycles. The van der Waals surface area contributed by atoms with E-state index in [1.165, 1.54) is 12.5 Å². The minimum atomic E-state index is -0.830. The van der Waals surface area contributed by atoms with Crippen molar-refractivity contribution in [2.24, 2.45) is 0 Å². The molecule has 10 heteroatoms. The Balaban J connectivity index is 1.49. The van der Waals surface area contributed by atoms with Crippen molar-refractivity contribution in [1.82, 2.24) is 14.0 Å². The largest absolute Gasteiger partial charge is 0.495 e. The number of hydrogen-bond acceptors (Lipinski definition) is 8. The summed E-state index contributed by atoms with van der Waals surface area (Å²) < 4.78 is 17.5. The first-order valence-corrected chi connectivity index (χ1v) is 10.5. The van der Waals surface area contributed by atoms with Gasteiger partial charge < -0.3 is 18.8 Å². The topological polar surface area (TPSA) is 99.1 Å². The number of anilines is 1. The second-order valence-corrected chi connectivity index (χ2v) is 7.44. The quantitative estimate of drug-likeness (QED) is 0.568. The van der Waals surface area contributed by atoms with Gasteiger partial charge in [0.2, 0.25) is 0 Å². The molecule has 0 bridgehead atoms. The number of piperazine rings is 1. The molecule has 3 heterocycles. The Bertz CT molecular complexity index is 1220. The summed E-state index contributed by atoms with van der Waals surface area (Å²) in [6, 6.07) is 7.90. The zero-order chi connectivity index (χ0) is 22.7. The van der Waals surface area contributed by atoms with Gasteiger partial charge in [-0.05, 0) is 19.1 Å². The number of carbonyl (C=O) groups excluding carboxylic acids is 1. The molecule has 1 aromatic carbocycles. The van der Waals surface area contributed by atoms with Crippen molar-refractivity contribution in [2.75, 3.05) is 51.3 Å².